The van der Waals surface area contributed by atoms with Crippen molar-refractivity contribution in [2.45, 2.75) is 12.4 Å². The van der Waals surface area contributed by atoms with E-state index in [1.807, 2.05) is 0 Å². The zero-order valence-electron chi connectivity index (χ0n) is 14.6. The number of hydrogen-bond donors (Lipinski definition) is 2. The molecule has 0 amide bonds. The molecule has 0 bridgehead atoms. The topological polar surface area (TPSA) is 40.5 Å². The van der Waals surface area contributed by atoms with Crippen LogP contribution in [-0.2, 0) is 12.4 Å². The summed E-state index contributed by atoms with van der Waals surface area (Å²) in [7, 11) is -2.12. The Hall–Kier alpha value is -2.78. The molecule has 150 valence electrons. The monoisotopic (exact) mass is 410 g/mol. The first kappa shape index (κ1) is 20.9. The van der Waals surface area contributed by atoms with Crippen LogP contribution in [-0.4, -0.2) is 17.2 Å². The van der Waals surface area contributed by atoms with Crippen LogP contribution < -0.4 is 5.46 Å². The van der Waals surface area contributed by atoms with Gasteiger partial charge in [-0.2, -0.15) is 26.3 Å². The Morgan fingerprint density at radius 1 is 0.586 bits per heavy atom. The van der Waals surface area contributed by atoms with Gasteiger partial charge in [-0.15, -0.1) is 0 Å². The zero-order chi connectivity index (χ0) is 21.4. The molecule has 3 rings (SSSR count). The Kier molecular flexibility index (Phi) is 5.47. The molecule has 0 spiro atoms. The Morgan fingerprint density at radius 2 is 0.966 bits per heavy atom. The van der Waals surface area contributed by atoms with Gasteiger partial charge in [0.05, 0.1) is 11.1 Å². The lowest BCUT2D eigenvalue weighted by Crippen LogP contribution is -2.33. The number of hydrogen-bond acceptors (Lipinski definition) is 2. The molecule has 0 aliphatic rings. The van der Waals surface area contributed by atoms with Crippen LogP contribution in [0.25, 0.3) is 22.3 Å². The van der Waals surface area contributed by atoms with Crippen molar-refractivity contribution >= 4 is 12.6 Å². The lowest BCUT2D eigenvalue weighted by atomic mass is 9.71. The van der Waals surface area contributed by atoms with Gasteiger partial charge in [-0.3, -0.25) is 0 Å². The van der Waals surface area contributed by atoms with Gasteiger partial charge in [0, 0.05) is 0 Å². The largest absolute Gasteiger partial charge is 0.489 e. The fourth-order valence-corrected chi connectivity index (χ4v) is 3.07. The number of rotatable bonds is 3. The van der Waals surface area contributed by atoms with E-state index in [0.717, 1.165) is 24.3 Å². The summed E-state index contributed by atoms with van der Waals surface area (Å²) in [4.78, 5) is 0. The van der Waals surface area contributed by atoms with Crippen LogP contribution in [0.2, 0.25) is 0 Å². The van der Waals surface area contributed by atoms with Crippen molar-refractivity contribution in [3.05, 3.63) is 77.9 Å². The number of halogens is 6. The van der Waals surface area contributed by atoms with E-state index < -0.39 is 30.6 Å². The van der Waals surface area contributed by atoms with E-state index >= 15 is 0 Å². The summed E-state index contributed by atoms with van der Waals surface area (Å²) < 4.78 is 78.2. The second-order valence-electron chi connectivity index (χ2n) is 6.30. The maximum atomic E-state index is 13.0. The summed E-state index contributed by atoms with van der Waals surface area (Å²) >= 11 is 0. The highest BCUT2D eigenvalue weighted by Gasteiger charge is 2.32. The molecule has 3 aromatic rings. The van der Waals surface area contributed by atoms with Crippen LogP contribution in [0.5, 0.6) is 0 Å². The first-order chi connectivity index (χ1) is 13.5. The van der Waals surface area contributed by atoms with Gasteiger partial charge in [0.15, 0.2) is 0 Å². The van der Waals surface area contributed by atoms with E-state index in [0.29, 0.717) is 0 Å². The third-order valence-electron chi connectivity index (χ3n) is 4.37. The van der Waals surface area contributed by atoms with Crippen LogP contribution in [0.4, 0.5) is 26.3 Å². The Morgan fingerprint density at radius 3 is 1.31 bits per heavy atom. The van der Waals surface area contributed by atoms with Crippen molar-refractivity contribution in [3.63, 3.8) is 0 Å². The van der Waals surface area contributed by atoms with Gasteiger partial charge < -0.3 is 10.0 Å². The second-order valence-corrected chi connectivity index (χ2v) is 6.30. The van der Waals surface area contributed by atoms with E-state index in [9.17, 15) is 36.4 Å². The minimum atomic E-state index is -4.60. The highest BCUT2D eigenvalue weighted by molar-refractivity contribution is 6.62. The molecule has 9 heteroatoms. The molecular weight excluding hydrogens is 397 g/mol. The minimum Gasteiger partial charge on any atom is -0.423 e. The van der Waals surface area contributed by atoms with E-state index in [1.54, 1.807) is 0 Å². The van der Waals surface area contributed by atoms with E-state index in [2.05, 4.69) is 0 Å². The fraction of sp³-hybridized carbons (Fsp3) is 0.100. The van der Waals surface area contributed by atoms with Crippen LogP contribution in [0.1, 0.15) is 11.1 Å². The van der Waals surface area contributed by atoms with E-state index in [1.165, 1.54) is 42.5 Å². The first-order valence-corrected chi connectivity index (χ1v) is 8.33. The van der Waals surface area contributed by atoms with Gasteiger partial charge in [-0.1, -0.05) is 42.5 Å². The predicted molar refractivity (Wildman–Crippen MR) is 97.1 cm³/mol. The van der Waals surface area contributed by atoms with Gasteiger partial charge in [-0.05, 0) is 52.0 Å². The van der Waals surface area contributed by atoms with Crippen LogP contribution in [0.3, 0.4) is 0 Å². The van der Waals surface area contributed by atoms with Crippen molar-refractivity contribution in [3.8, 4) is 22.3 Å². The van der Waals surface area contributed by atoms with Crippen LogP contribution in [0.15, 0.2) is 66.7 Å². The molecule has 0 aliphatic heterocycles. The fourth-order valence-electron chi connectivity index (χ4n) is 3.07. The van der Waals surface area contributed by atoms with Crippen molar-refractivity contribution in [2.24, 2.45) is 0 Å². The molecule has 0 aromatic heterocycles. The quantitative estimate of drug-likeness (QED) is 0.484. The lowest BCUT2D eigenvalue weighted by molar-refractivity contribution is -0.138. The Labute approximate surface area is 162 Å². The molecule has 0 radical (unpaired) electrons. The first-order valence-electron chi connectivity index (χ1n) is 8.33. The highest BCUT2D eigenvalue weighted by Crippen LogP contribution is 2.34. The molecule has 2 N–H and O–H groups in total. The average Bonchev–Trinajstić information content (AvgIpc) is 2.66. The maximum Gasteiger partial charge on any atom is 0.489 e. The van der Waals surface area contributed by atoms with E-state index in [4.69, 9.17) is 0 Å². The van der Waals surface area contributed by atoms with Gasteiger partial charge in [0.25, 0.3) is 0 Å². The standard InChI is InChI=1S/C20H13BF6O2/c22-19(23,24)14-6-1-4-12(10-14)16-8-3-9-17(18(16)21(28)29)13-5-2-7-15(11-13)20(25,26)27/h1-11,28-29H. The molecule has 3 aromatic carbocycles. The summed E-state index contributed by atoms with van der Waals surface area (Å²) in [6.07, 6.45) is -9.21. The molecule has 0 heterocycles. The third kappa shape index (κ3) is 4.46. The van der Waals surface area contributed by atoms with Crippen molar-refractivity contribution < 1.29 is 36.4 Å². The van der Waals surface area contributed by atoms with Gasteiger partial charge in [-0.25, -0.2) is 0 Å². The number of benzene rings is 3. The average molecular weight is 410 g/mol. The van der Waals surface area contributed by atoms with Crippen LogP contribution in [0, 0.1) is 0 Å². The summed E-state index contributed by atoms with van der Waals surface area (Å²) in [6.45, 7) is 0. The SMILES string of the molecule is OB(O)c1c(-c2cccc(C(F)(F)F)c2)cccc1-c1cccc(C(F)(F)F)c1. The summed E-state index contributed by atoms with van der Waals surface area (Å²) in [6, 6.07) is 12.7. The Balaban J connectivity index is 2.21. The molecule has 0 unspecified atom stereocenters. The van der Waals surface area contributed by atoms with E-state index in [-0.39, 0.29) is 27.7 Å². The van der Waals surface area contributed by atoms with Crippen LogP contribution >= 0.6 is 0 Å². The summed E-state index contributed by atoms with van der Waals surface area (Å²) in [5, 5.41) is 19.8. The molecular formula is C20H13BF6O2. The minimum absolute atomic E-state index is 0.0525. The molecule has 29 heavy (non-hydrogen) atoms. The summed E-state index contributed by atoms with van der Waals surface area (Å²) in [5.41, 5.74) is -1.81. The number of alkyl halides is 6. The molecule has 0 saturated carbocycles. The van der Waals surface area contributed by atoms with Gasteiger partial charge in [0.2, 0.25) is 0 Å². The highest BCUT2D eigenvalue weighted by atomic mass is 19.4. The van der Waals surface area contributed by atoms with Crippen molar-refractivity contribution in [1.29, 1.82) is 0 Å². The Bertz CT molecular complexity index is 952. The van der Waals surface area contributed by atoms with Gasteiger partial charge >= 0.3 is 19.5 Å². The molecule has 0 saturated heterocycles. The molecule has 0 atom stereocenters. The third-order valence-corrected chi connectivity index (χ3v) is 4.37. The summed E-state index contributed by atoms with van der Waals surface area (Å²) in [5.74, 6) is 0. The van der Waals surface area contributed by atoms with Crippen molar-refractivity contribution in [1.82, 2.24) is 0 Å². The van der Waals surface area contributed by atoms with Gasteiger partial charge in [0.1, 0.15) is 0 Å². The molecule has 0 aliphatic carbocycles. The van der Waals surface area contributed by atoms with Crippen molar-refractivity contribution in [2.75, 3.05) is 0 Å². The molecule has 0 fully saturated rings. The normalized spacial score (nSPS) is 12.1. The maximum absolute atomic E-state index is 13.0. The zero-order valence-corrected chi connectivity index (χ0v) is 14.6. The lowest BCUT2D eigenvalue weighted by Gasteiger charge is -2.17. The smallest absolute Gasteiger partial charge is 0.423 e. The predicted octanol–water partition coefficient (Wildman–Crippen LogP) is 4.74. The second kappa shape index (κ2) is 7.57. The molecule has 2 nitrogen and oxygen atoms in total.